The summed E-state index contributed by atoms with van der Waals surface area (Å²) in [7, 11) is 0. The number of ether oxygens (including phenoxy) is 2. The smallest absolute Gasteiger partial charge is 0.439 e. The summed E-state index contributed by atoms with van der Waals surface area (Å²) in [5.74, 6) is -0.707. The molecule has 0 spiro atoms. The molecule has 1 N–H and O–H groups in total. The van der Waals surface area contributed by atoms with Gasteiger partial charge in [-0.25, -0.2) is 9.18 Å². The number of anilines is 1. The second kappa shape index (κ2) is 6.78. The van der Waals surface area contributed by atoms with Gasteiger partial charge >= 0.3 is 18.4 Å². The Labute approximate surface area is 133 Å². The summed E-state index contributed by atoms with van der Waals surface area (Å²) in [6.45, 7) is 4.87. The zero-order valence-electron chi connectivity index (χ0n) is 12.9. The summed E-state index contributed by atoms with van der Waals surface area (Å²) < 4.78 is 83.6. The molecule has 0 aliphatic heterocycles. The lowest BCUT2D eigenvalue weighted by Gasteiger charge is -2.23. The maximum atomic E-state index is 13.1. The highest BCUT2D eigenvalue weighted by Crippen LogP contribution is 2.36. The zero-order chi connectivity index (χ0) is 18.8. The van der Waals surface area contributed by atoms with Crippen molar-refractivity contribution < 1.29 is 40.6 Å². The molecule has 0 saturated carbocycles. The number of amides is 1. The second-order valence-corrected chi connectivity index (χ2v) is 5.72. The van der Waals surface area contributed by atoms with E-state index in [1.807, 2.05) is 0 Å². The Hall–Kier alpha value is -2.13. The first-order chi connectivity index (χ1) is 10.7. The number of halogens is 6. The SMILES string of the molecule is CC(C)(C)OC(=O)Nc1ccc(OC(F)(F)C(F)C(F)(F)F)cc1. The van der Waals surface area contributed by atoms with Crippen molar-refractivity contribution in [2.45, 2.75) is 44.8 Å². The molecule has 0 aliphatic rings. The maximum Gasteiger partial charge on any atom is 0.439 e. The maximum absolute atomic E-state index is 13.1. The van der Waals surface area contributed by atoms with Crippen LogP contribution in [-0.2, 0) is 4.74 Å². The molecule has 0 fully saturated rings. The molecule has 1 unspecified atom stereocenters. The van der Waals surface area contributed by atoms with Gasteiger partial charge in [0, 0.05) is 5.69 Å². The van der Waals surface area contributed by atoms with Crippen LogP contribution in [0.3, 0.4) is 0 Å². The summed E-state index contributed by atoms with van der Waals surface area (Å²) >= 11 is 0. The van der Waals surface area contributed by atoms with Gasteiger partial charge in [-0.2, -0.15) is 22.0 Å². The van der Waals surface area contributed by atoms with Gasteiger partial charge in [0.05, 0.1) is 0 Å². The zero-order valence-corrected chi connectivity index (χ0v) is 12.9. The molecule has 1 amide bonds. The van der Waals surface area contributed by atoms with E-state index in [0.29, 0.717) is 0 Å². The van der Waals surface area contributed by atoms with Crippen molar-refractivity contribution in [2.75, 3.05) is 5.32 Å². The number of alkyl halides is 6. The number of hydrogen-bond acceptors (Lipinski definition) is 3. The van der Waals surface area contributed by atoms with E-state index in [1.54, 1.807) is 20.8 Å². The monoisotopic (exact) mass is 359 g/mol. The van der Waals surface area contributed by atoms with Crippen LogP contribution in [0.25, 0.3) is 0 Å². The first-order valence-corrected chi connectivity index (χ1v) is 6.58. The van der Waals surface area contributed by atoms with E-state index in [9.17, 15) is 31.1 Å². The van der Waals surface area contributed by atoms with E-state index in [-0.39, 0.29) is 5.69 Å². The molecule has 0 saturated heterocycles. The van der Waals surface area contributed by atoms with Crippen molar-refractivity contribution in [3.05, 3.63) is 24.3 Å². The topological polar surface area (TPSA) is 47.6 Å². The van der Waals surface area contributed by atoms with Gasteiger partial charge in [0.1, 0.15) is 11.4 Å². The van der Waals surface area contributed by atoms with Crippen LogP contribution in [0.2, 0.25) is 0 Å². The Kier molecular flexibility index (Phi) is 5.62. The fourth-order valence-corrected chi connectivity index (χ4v) is 1.43. The third-order valence-electron chi connectivity index (χ3n) is 2.34. The third kappa shape index (κ3) is 6.17. The predicted octanol–water partition coefficient (Wildman–Crippen LogP) is 4.91. The Morgan fingerprint density at radius 1 is 1.04 bits per heavy atom. The van der Waals surface area contributed by atoms with E-state index in [4.69, 9.17) is 4.74 Å². The first kappa shape index (κ1) is 19.9. The van der Waals surface area contributed by atoms with Crippen molar-refractivity contribution in [3.63, 3.8) is 0 Å². The average molecular weight is 359 g/mol. The van der Waals surface area contributed by atoms with Gasteiger partial charge in [-0.05, 0) is 45.0 Å². The predicted molar refractivity (Wildman–Crippen MR) is 72.8 cm³/mol. The van der Waals surface area contributed by atoms with Crippen molar-refractivity contribution in [2.24, 2.45) is 0 Å². The molecule has 0 aromatic heterocycles. The molecule has 0 radical (unpaired) electrons. The van der Waals surface area contributed by atoms with E-state index >= 15 is 0 Å². The number of carbonyl (C=O) groups excluding carboxylic acids is 1. The molecule has 10 heteroatoms. The Morgan fingerprint density at radius 3 is 1.96 bits per heavy atom. The number of benzene rings is 1. The lowest BCUT2D eigenvalue weighted by molar-refractivity contribution is -0.304. The fraction of sp³-hybridized carbons (Fsp3) is 0.500. The average Bonchev–Trinajstić information content (AvgIpc) is 2.36. The van der Waals surface area contributed by atoms with E-state index in [2.05, 4.69) is 10.1 Å². The Balaban J connectivity index is 2.73. The van der Waals surface area contributed by atoms with Crippen LogP contribution < -0.4 is 10.1 Å². The molecular weight excluding hydrogens is 344 g/mol. The molecule has 0 bridgehead atoms. The molecule has 1 aromatic rings. The van der Waals surface area contributed by atoms with Gasteiger partial charge in [-0.15, -0.1) is 0 Å². The van der Waals surface area contributed by atoms with Crippen LogP contribution in [0.5, 0.6) is 5.75 Å². The lowest BCUT2D eigenvalue weighted by atomic mass is 10.2. The molecular formula is C14H15F6NO3. The van der Waals surface area contributed by atoms with Crippen molar-refractivity contribution >= 4 is 11.8 Å². The first-order valence-electron chi connectivity index (χ1n) is 6.58. The minimum atomic E-state index is -5.76. The number of hydrogen-bond donors (Lipinski definition) is 1. The molecule has 0 heterocycles. The van der Waals surface area contributed by atoms with Crippen LogP contribution in [0.1, 0.15) is 20.8 Å². The molecule has 136 valence electrons. The minimum absolute atomic E-state index is 0.118. The lowest BCUT2D eigenvalue weighted by Crippen LogP contribution is -2.45. The van der Waals surface area contributed by atoms with Crippen LogP contribution in [0.15, 0.2) is 24.3 Å². The van der Waals surface area contributed by atoms with Crippen molar-refractivity contribution in [3.8, 4) is 5.75 Å². The summed E-state index contributed by atoms with van der Waals surface area (Å²) in [4.78, 5) is 11.5. The fourth-order valence-electron chi connectivity index (χ4n) is 1.43. The standard InChI is InChI=1S/C14H15F6NO3/c1-12(2,3)24-11(22)21-8-4-6-9(7-5-8)23-14(19,20)10(15)13(16,17)18/h4-7,10H,1-3H3,(H,21,22). The third-order valence-corrected chi connectivity index (χ3v) is 2.34. The molecule has 0 aliphatic carbocycles. The second-order valence-electron chi connectivity index (χ2n) is 5.72. The molecule has 4 nitrogen and oxygen atoms in total. The minimum Gasteiger partial charge on any atom is -0.444 e. The van der Waals surface area contributed by atoms with Gasteiger partial charge in [0.15, 0.2) is 0 Å². The number of rotatable bonds is 4. The molecule has 24 heavy (non-hydrogen) atoms. The highest BCUT2D eigenvalue weighted by Gasteiger charge is 2.59. The number of carbonyl (C=O) groups is 1. The van der Waals surface area contributed by atoms with E-state index < -0.39 is 35.9 Å². The van der Waals surface area contributed by atoms with Gasteiger partial charge < -0.3 is 9.47 Å². The van der Waals surface area contributed by atoms with E-state index in [0.717, 1.165) is 24.3 Å². The molecule has 1 rings (SSSR count). The molecule has 1 atom stereocenters. The summed E-state index contributed by atoms with van der Waals surface area (Å²) in [6, 6.07) is 3.86. The van der Waals surface area contributed by atoms with Gasteiger partial charge in [0.2, 0.25) is 0 Å². The van der Waals surface area contributed by atoms with E-state index in [1.165, 1.54) is 0 Å². The Bertz CT molecular complexity index is 565. The highest BCUT2D eigenvalue weighted by molar-refractivity contribution is 5.84. The van der Waals surface area contributed by atoms with Crippen LogP contribution in [-0.4, -0.2) is 30.2 Å². The van der Waals surface area contributed by atoms with Crippen LogP contribution >= 0.6 is 0 Å². The summed E-state index contributed by atoms with van der Waals surface area (Å²) in [5, 5.41) is 2.28. The van der Waals surface area contributed by atoms with Gasteiger partial charge in [-0.1, -0.05) is 0 Å². The largest absolute Gasteiger partial charge is 0.444 e. The van der Waals surface area contributed by atoms with Gasteiger partial charge in [-0.3, -0.25) is 5.32 Å². The molecule has 1 aromatic carbocycles. The quantitative estimate of drug-likeness (QED) is 0.778. The van der Waals surface area contributed by atoms with Gasteiger partial charge in [0.25, 0.3) is 6.17 Å². The van der Waals surface area contributed by atoms with Crippen LogP contribution in [0.4, 0.5) is 36.8 Å². The van der Waals surface area contributed by atoms with Crippen molar-refractivity contribution in [1.29, 1.82) is 0 Å². The summed E-state index contributed by atoms with van der Waals surface area (Å²) in [6.07, 6.45) is -16.1. The highest BCUT2D eigenvalue weighted by atomic mass is 19.4. The Morgan fingerprint density at radius 2 is 1.54 bits per heavy atom. The van der Waals surface area contributed by atoms with Crippen LogP contribution in [0, 0.1) is 0 Å². The number of nitrogens with one attached hydrogen (secondary N) is 1. The summed E-state index contributed by atoms with van der Waals surface area (Å²) in [5.41, 5.74) is -0.643. The normalized spacial score (nSPS) is 14.0. The van der Waals surface area contributed by atoms with Crippen molar-refractivity contribution in [1.82, 2.24) is 0 Å².